The molecule has 3 N–H and O–H groups in total. The van der Waals surface area contributed by atoms with E-state index in [1.165, 1.54) is 48.5 Å². The lowest BCUT2D eigenvalue weighted by molar-refractivity contribution is -0.120. The molecule has 2 aromatic carbocycles. The van der Waals surface area contributed by atoms with E-state index in [9.17, 15) is 22.4 Å². The number of hydrogen-bond donors (Lipinski definition) is 3. The third-order valence-electron chi connectivity index (χ3n) is 4.38. The minimum absolute atomic E-state index is 0.0717. The Morgan fingerprint density at radius 2 is 1.41 bits per heavy atom. The highest BCUT2D eigenvalue weighted by Gasteiger charge is 2.33. The average Bonchev–Trinajstić information content (AvgIpc) is 2.64. The zero-order valence-corrected chi connectivity index (χ0v) is 19.9. The molecule has 9 heteroatoms. The molecule has 0 fully saturated rings. The number of carbonyl (C=O) groups is 2. The summed E-state index contributed by atoms with van der Waals surface area (Å²) in [5.74, 6) is -1.43. The van der Waals surface area contributed by atoms with Gasteiger partial charge in [-0.15, -0.1) is 0 Å². The number of halogens is 1. The van der Waals surface area contributed by atoms with E-state index in [0.29, 0.717) is 5.69 Å². The summed E-state index contributed by atoms with van der Waals surface area (Å²) in [6.07, 6.45) is 0. The van der Waals surface area contributed by atoms with Crippen LogP contribution in [0.4, 0.5) is 10.1 Å². The van der Waals surface area contributed by atoms with Crippen molar-refractivity contribution >= 4 is 27.5 Å². The van der Waals surface area contributed by atoms with Crippen molar-refractivity contribution in [2.24, 2.45) is 5.41 Å². The van der Waals surface area contributed by atoms with Crippen LogP contribution < -0.4 is 15.4 Å². The molecule has 0 saturated heterocycles. The lowest BCUT2D eigenvalue weighted by Gasteiger charge is -2.30. The topological polar surface area (TPSA) is 104 Å². The Labute approximate surface area is 188 Å². The number of carbonyl (C=O) groups excluding carboxylic acids is 2. The van der Waals surface area contributed by atoms with Crippen molar-refractivity contribution < 1.29 is 22.4 Å². The summed E-state index contributed by atoms with van der Waals surface area (Å²) in [7, 11) is -3.70. The molecule has 0 aliphatic carbocycles. The highest BCUT2D eigenvalue weighted by Crippen LogP contribution is 2.22. The Morgan fingerprint density at radius 1 is 0.875 bits per heavy atom. The molecule has 2 rings (SSSR count). The lowest BCUT2D eigenvalue weighted by Crippen LogP contribution is -2.51. The lowest BCUT2D eigenvalue weighted by atomic mass is 9.86. The first-order valence-corrected chi connectivity index (χ1v) is 11.6. The van der Waals surface area contributed by atoms with Crippen molar-refractivity contribution in [2.45, 2.75) is 58.0 Å². The summed E-state index contributed by atoms with van der Waals surface area (Å²) in [6, 6.07) is 9.88. The van der Waals surface area contributed by atoms with Crippen molar-refractivity contribution in [3.63, 3.8) is 0 Å². The number of nitrogens with one attached hydrogen (secondary N) is 3. The van der Waals surface area contributed by atoms with Gasteiger partial charge in [-0.2, -0.15) is 0 Å². The fraction of sp³-hybridized carbons (Fsp3) is 0.391. The third kappa shape index (κ3) is 7.13. The second-order valence-corrected chi connectivity index (χ2v) is 11.3. The second kappa shape index (κ2) is 9.38. The zero-order chi connectivity index (χ0) is 24.3. The summed E-state index contributed by atoms with van der Waals surface area (Å²) in [4.78, 5) is 25.6. The van der Waals surface area contributed by atoms with E-state index in [-0.39, 0.29) is 10.5 Å². The molecule has 0 radical (unpaired) electrons. The summed E-state index contributed by atoms with van der Waals surface area (Å²) in [5, 5.41) is 5.41. The number of amides is 2. The van der Waals surface area contributed by atoms with Crippen LogP contribution in [0, 0.1) is 11.2 Å². The molecule has 0 bridgehead atoms. The molecule has 0 heterocycles. The maximum atomic E-state index is 13.1. The van der Waals surface area contributed by atoms with Crippen LogP contribution in [-0.4, -0.2) is 31.8 Å². The summed E-state index contributed by atoms with van der Waals surface area (Å²) < 4.78 is 40.5. The van der Waals surface area contributed by atoms with Crippen molar-refractivity contribution in [3.05, 3.63) is 59.9 Å². The van der Waals surface area contributed by atoms with Crippen molar-refractivity contribution in [2.75, 3.05) is 5.32 Å². The van der Waals surface area contributed by atoms with E-state index < -0.39 is 44.7 Å². The SMILES string of the molecule is CC(C)(C)NS(=O)(=O)c1ccc(NC(=O)[C@@H](NC(=O)c2ccc(F)cc2)C(C)(C)C)cc1. The van der Waals surface area contributed by atoms with Crippen LogP contribution in [0.15, 0.2) is 53.4 Å². The van der Waals surface area contributed by atoms with Crippen molar-refractivity contribution in [1.82, 2.24) is 10.0 Å². The van der Waals surface area contributed by atoms with Crippen LogP contribution in [0.25, 0.3) is 0 Å². The summed E-state index contributed by atoms with van der Waals surface area (Å²) in [6.45, 7) is 10.6. The fourth-order valence-electron chi connectivity index (χ4n) is 2.88. The Kier molecular flexibility index (Phi) is 7.47. The standard InChI is InChI=1S/C23H30FN3O4S/c1-22(2,3)19(26-20(28)15-7-9-16(24)10-8-15)21(29)25-17-11-13-18(14-12-17)32(30,31)27-23(4,5)6/h7-14,19,27H,1-6H3,(H,25,29)(H,26,28)/t19-/m1/s1. The first kappa shape index (κ1) is 25.5. The molecule has 0 saturated carbocycles. The predicted octanol–water partition coefficient (Wildman–Crippen LogP) is 3.69. The van der Waals surface area contributed by atoms with E-state index in [1.54, 1.807) is 41.5 Å². The number of hydrogen-bond acceptors (Lipinski definition) is 4. The molecule has 0 unspecified atom stereocenters. The van der Waals surface area contributed by atoms with Gasteiger partial charge in [0.15, 0.2) is 0 Å². The molecular weight excluding hydrogens is 433 g/mol. The van der Waals surface area contributed by atoms with E-state index in [4.69, 9.17) is 0 Å². The molecule has 0 aromatic heterocycles. The Balaban J connectivity index is 2.16. The molecule has 1 atom stereocenters. The predicted molar refractivity (Wildman–Crippen MR) is 122 cm³/mol. The van der Waals surface area contributed by atoms with E-state index in [2.05, 4.69) is 15.4 Å². The highest BCUT2D eigenvalue weighted by atomic mass is 32.2. The van der Waals surface area contributed by atoms with Gasteiger partial charge in [0.1, 0.15) is 11.9 Å². The van der Waals surface area contributed by atoms with Crippen LogP contribution in [0.2, 0.25) is 0 Å². The second-order valence-electron chi connectivity index (χ2n) is 9.65. The van der Waals surface area contributed by atoms with Crippen molar-refractivity contribution in [3.8, 4) is 0 Å². The molecule has 2 amide bonds. The first-order valence-electron chi connectivity index (χ1n) is 10.1. The van der Waals surface area contributed by atoms with Gasteiger partial charge in [0.25, 0.3) is 5.91 Å². The monoisotopic (exact) mass is 463 g/mol. The number of anilines is 1. The molecule has 2 aromatic rings. The third-order valence-corrected chi connectivity index (χ3v) is 6.16. The van der Waals surface area contributed by atoms with Gasteiger partial charge >= 0.3 is 0 Å². The van der Waals surface area contributed by atoms with Crippen LogP contribution in [-0.2, 0) is 14.8 Å². The number of sulfonamides is 1. The Bertz CT molecular complexity index is 1070. The number of rotatable bonds is 6. The quantitative estimate of drug-likeness (QED) is 0.608. The number of benzene rings is 2. The average molecular weight is 464 g/mol. The van der Waals surface area contributed by atoms with E-state index in [0.717, 1.165) is 0 Å². The van der Waals surface area contributed by atoms with Gasteiger partial charge in [0.05, 0.1) is 4.90 Å². The van der Waals surface area contributed by atoms with Crippen molar-refractivity contribution in [1.29, 1.82) is 0 Å². The Hall–Kier alpha value is -2.78. The first-order chi connectivity index (χ1) is 14.6. The van der Waals surface area contributed by atoms with Crippen LogP contribution in [0.1, 0.15) is 51.9 Å². The molecule has 174 valence electrons. The molecule has 7 nitrogen and oxygen atoms in total. The van der Waals surface area contributed by atoms with Crippen LogP contribution in [0.3, 0.4) is 0 Å². The maximum Gasteiger partial charge on any atom is 0.251 e. The highest BCUT2D eigenvalue weighted by molar-refractivity contribution is 7.89. The van der Waals surface area contributed by atoms with Gasteiger partial charge < -0.3 is 10.6 Å². The fourth-order valence-corrected chi connectivity index (χ4v) is 4.30. The van der Waals surface area contributed by atoms with Gasteiger partial charge in [-0.1, -0.05) is 20.8 Å². The normalized spacial score (nSPS) is 13.3. The summed E-state index contributed by atoms with van der Waals surface area (Å²) in [5.41, 5.74) is -0.641. The minimum atomic E-state index is -3.70. The minimum Gasteiger partial charge on any atom is -0.340 e. The molecule has 0 spiro atoms. The smallest absolute Gasteiger partial charge is 0.251 e. The largest absolute Gasteiger partial charge is 0.340 e. The van der Waals surface area contributed by atoms with E-state index in [1.807, 2.05) is 0 Å². The van der Waals surface area contributed by atoms with Gasteiger partial charge in [-0.25, -0.2) is 17.5 Å². The molecule has 32 heavy (non-hydrogen) atoms. The molecule has 0 aliphatic heterocycles. The van der Waals surface area contributed by atoms with Gasteiger partial charge in [0, 0.05) is 16.8 Å². The maximum absolute atomic E-state index is 13.1. The van der Waals surface area contributed by atoms with Gasteiger partial charge in [-0.3, -0.25) is 9.59 Å². The van der Waals surface area contributed by atoms with Crippen LogP contribution >= 0.6 is 0 Å². The van der Waals surface area contributed by atoms with Gasteiger partial charge in [0.2, 0.25) is 15.9 Å². The summed E-state index contributed by atoms with van der Waals surface area (Å²) >= 11 is 0. The molecular formula is C23H30FN3O4S. The van der Waals surface area contributed by atoms with Crippen LogP contribution in [0.5, 0.6) is 0 Å². The van der Waals surface area contributed by atoms with Gasteiger partial charge in [-0.05, 0) is 74.7 Å². The molecule has 0 aliphatic rings. The Morgan fingerprint density at radius 3 is 1.88 bits per heavy atom. The zero-order valence-electron chi connectivity index (χ0n) is 19.1. The van der Waals surface area contributed by atoms with E-state index >= 15 is 0 Å².